The van der Waals surface area contributed by atoms with E-state index in [1.54, 1.807) is 14.2 Å². The predicted octanol–water partition coefficient (Wildman–Crippen LogP) is 7.41. The van der Waals surface area contributed by atoms with Gasteiger partial charge in [-0.3, -0.25) is 0 Å². The van der Waals surface area contributed by atoms with Crippen LogP contribution in [0.25, 0.3) is 0 Å². The first-order valence-electron chi connectivity index (χ1n) is 11.7. The van der Waals surface area contributed by atoms with Crippen LogP contribution in [0.1, 0.15) is 65.5 Å². The molecule has 0 aliphatic carbocycles. The van der Waals surface area contributed by atoms with E-state index in [0.717, 1.165) is 35.5 Å². The molecule has 0 heterocycles. The second-order valence-electron chi connectivity index (χ2n) is 10.3. The fourth-order valence-electron chi connectivity index (χ4n) is 2.91. The Kier molecular flexibility index (Phi) is 12.4. The van der Waals surface area contributed by atoms with E-state index in [4.69, 9.17) is 23.4 Å². The molecule has 1 aromatic rings. The van der Waals surface area contributed by atoms with E-state index < -0.39 is 8.32 Å². The summed E-state index contributed by atoms with van der Waals surface area (Å²) in [6, 6.07) is 4.10. The molecule has 5 nitrogen and oxygen atoms in total. The summed E-state index contributed by atoms with van der Waals surface area (Å²) in [6.45, 7) is 18.6. The molecule has 33 heavy (non-hydrogen) atoms. The second kappa shape index (κ2) is 13.9. The van der Waals surface area contributed by atoms with Crippen molar-refractivity contribution in [2.24, 2.45) is 0 Å². The van der Waals surface area contributed by atoms with Gasteiger partial charge in [-0.1, -0.05) is 44.1 Å². The number of hydrogen-bond acceptors (Lipinski definition) is 5. The minimum atomic E-state index is -1.88. The second-order valence-corrected chi connectivity index (χ2v) is 15.1. The van der Waals surface area contributed by atoms with Crippen LogP contribution in [-0.4, -0.2) is 36.1 Å². The quantitative estimate of drug-likeness (QED) is 0.158. The van der Waals surface area contributed by atoms with Crippen LogP contribution in [-0.2, 0) is 26.9 Å². The molecule has 0 aromatic heterocycles. The smallest absolute Gasteiger partial charge is 0.192 e. The molecule has 0 fully saturated rings. The number of hydrogen-bond donors (Lipinski definition) is 0. The molecule has 0 spiro atoms. The molecule has 0 saturated carbocycles. The summed E-state index contributed by atoms with van der Waals surface area (Å²) < 4.78 is 28.8. The molecule has 1 aromatic carbocycles. The Hall–Kier alpha value is -1.60. The average Bonchev–Trinajstić information content (AvgIpc) is 2.72. The Balaban J connectivity index is 3.22. The van der Waals surface area contributed by atoms with E-state index >= 15 is 0 Å². The third-order valence-electron chi connectivity index (χ3n) is 6.04. The van der Waals surface area contributed by atoms with Gasteiger partial charge in [-0.15, -0.1) is 0 Å². The molecule has 0 aliphatic heterocycles. The SMILES string of the molecule is COCOc1cc(CO[Si](C)(C)C(C)(C)C)cc(OCOC)c1CC=C(C)CCC=C(C)C. The molecule has 0 atom stereocenters. The lowest BCUT2D eigenvalue weighted by Crippen LogP contribution is -2.40. The highest BCUT2D eigenvalue weighted by Gasteiger charge is 2.37. The van der Waals surface area contributed by atoms with Gasteiger partial charge in [0.1, 0.15) is 11.5 Å². The molecular formula is C27H46O5Si. The van der Waals surface area contributed by atoms with Crippen LogP contribution in [0.3, 0.4) is 0 Å². The van der Waals surface area contributed by atoms with Crippen LogP contribution in [0.5, 0.6) is 11.5 Å². The number of ether oxygens (including phenoxy) is 4. The molecule has 1 rings (SSSR count). The third-order valence-corrected chi connectivity index (χ3v) is 10.5. The molecular weight excluding hydrogens is 432 g/mol. The van der Waals surface area contributed by atoms with Crippen molar-refractivity contribution in [2.75, 3.05) is 27.8 Å². The Morgan fingerprint density at radius 2 is 1.45 bits per heavy atom. The summed E-state index contributed by atoms with van der Waals surface area (Å²) in [5.74, 6) is 1.51. The van der Waals surface area contributed by atoms with Gasteiger partial charge in [0.25, 0.3) is 0 Å². The first-order chi connectivity index (χ1) is 15.4. The van der Waals surface area contributed by atoms with Crippen LogP contribution in [0.2, 0.25) is 18.1 Å². The van der Waals surface area contributed by atoms with Gasteiger partial charge in [-0.2, -0.15) is 0 Å². The Labute approximate surface area is 203 Å². The molecule has 0 saturated heterocycles. The minimum absolute atomic E-state index is 0.144. The van der Waals surface area contributed by atoms with Crippen LogP contribution in [0.15, 0.2) is 35.4 Å². The highest BCUT2D eigenvalue weighted by atomic mass is 28.4. The van der Waals surface area contributed by atoms with E-state index in [0.29, 0.717) is 13.0 Å². The van der Waals surface area contributed by atoms with Gasteiger partial charge in [-0.05, 0) is 75.9 Å². The van der Waals surface area contributed by atoms with Crippen LogP contribution in [0, 0.1) is 0 Å². The van der Waals surface area contributed by atoms with Crippen molar-refractivity contribution in [3.05, 3.63) is 46.6 Å². The minimum Gasteiger partial charge on any atom is -0.467 e. The standard InChI is InChI=1S/C27H46O5Si/c1-21(2)12-11-13-22(3)14-15-24-25(30-19-28-7)16-23(17-26(24)31-20-29-8)18-32-33(9,10)27(4,5)6/h12,14,16-17H,11,13,15,18-20H2,1-10H3. The molecule has 0 unspecified atom stereocenters. The van der Waals surface area contributed by atoms with E-state index in [9.17, 15) is 0 Å². The molecule has 0 amide bonds. The molecule has 6 heteroatoms. The van der Waals surface area contributed by atoms with E-state index in [1.165, 1.54) is 11.1 Å². The summed E-state index contributed by atoms with van der Waals surface area (Å²) in [6.07, 6.45) is 7.32. The summed E-state index contributed by atoms with van der Waals surface area (Å²) in [5, 5.41) is 0.144. The Bertz CT molecular complexity index is 757. The Morgan fingerprint density at radius 3 is 1.91 bits per heavy atom. The normalized spacial score (nSPS) is 12.6. The summed E-state index contributed by atoms with van der Waals surface area (Å²) in [5.41, 5.74) is 4.70. The largest absolute Gasteiger partial charge is 0.467 e. The monoisotopic (exact) mass is 478 g/mol. The Morgan fingerprint density at radius 1 is 0.909 bits per heavy atom. The first-order valence-corrected chi connectivity index (χ1v) is 14.6. The molecule has 0 aliphatic rings. The van der Waals surface area contributed by atoms with Crippen molar-refractivity contribution in [3.8, 4) is 11.5 Å². The van der Waals surface area contributed by atoms with Crippen molar-refractivity contribution >= 4 is 8.32 Å². The van der Waals surface area contributed by atoms with Gasteiger partial charge in [-0.25, -0.2) is 0 Å². The zero-order valence-corrected chi connectivity index (χ0v) is 23.6. The van der Waals surface area contributed by atoms with Crippen molar-refractivity contribution < 1.29 is 23.4 Å². The van der Waals surface area contributed by atoms with Crippen molar-refractivity contribution in [1.82, 2.24) is 0 Å². The van der Waals surface area contributed by atoms with E-state index in [2.05, 4.69) is 66.8 Å². The lowest BCUT2D eigenvalue weighted by molar-refractivity contribution is 0.0446. The van der Waals surface area contributed by atoms with Crippen LogP contribution >= 0.6 is 0 Å². The van der Waals surface area contributed by atoms with E-state index in [-0.39, 0.29) is 18.6 Å². The van der Waals surface area contributed by atoms with E-state index in [1.807, 2.05) is 12.1 Å². The third kappa shape index (κ3) is 10.5. The summed E-state index contributed by atoms with van der Waals surface area (Å²) in [7, 11) is 1.37. The lowest BCUT2D eigenvalue weighted by Gasteiger charge is -2.36. The molecule has 188 valence electrons. The average molecular weight is 479 g/mol. The molecule has 0 N–H and O–H groups in total. The number of allylic oxidation sites excluding steroid dienone is 4. The fraction of sp³-hybridized carbons (Fsp3) is 0.630. The summed E-state index contributed by atoms with van der Waals surface area (Å²) in [4.78, 5) is 0. The molecule has 0 bridgehead atoms. The van der Waals surface area contributed by atoms with Gasteiger partial charge in [0.2, 0.25) is 0 Å². The lowest BCUT2D eigenvalue weighted by atomic mass is 10.0. The van der Waals surface area contributed by atoms with Crippen molar-refractivity contribution in [3.63, 3.8) is 0 Å². The first kappa shape index (κ1) is 29.4. The van der Waals surface area contributed by atoms with Crippen LogP contribution < -0.4 is 9.47 Å². The predicted molar refractivity (Wildman–Crippen MR) is 140 cm³/mol. The van der Waals surface area contributed by atoms with Gasteiger partial charge in [0.15, 0.2) is 21.9 Å². The summed E-state index contributed by atoms with van der Waals surface area (Å²) >= 11 is 0. The highest BCUT2D eigenvalue weighted by molar-refractivity contribution is 6.74. The maximum absolute atomic E-state index is 6.45. The zero-order valence-electron chi connectivity index (χ0n) is 22.6. The zero-order chi connectivity index (χ0) is 25.1. The number of benzene rings is 1. The fourth-order valence-corrected chi connectivity index (χ4v) is 3.87. The highest BCUT2D eigenvalue weighted by Crippen LogP contribution is 2.38. The van der Waals surface area contributed by atoms with Gasteiger partial charge >= 0.3 is 0 Å². The number of methoxy groups -OCH3 is 2. The topological polar surface area (TPSA) is 46.2 Å². The van der Waals surface area contributed by atoms with Gasteiger partial charge in [0, 0.05) is 19.8 Å². The van der Waals surface area contributed by atoms with Crippen LogP contribution in [0.4, 0.5) is 0 Å². The van der Waals surface area contributed by atoms with Crippen molar-refractivity contribution in [1.29, 1.82) is 0 Å². The maximum Gasteiger partial charge on any atom is 0.192 e. The van der Waals surface area contributed by atoms with Gasteiger partial charge < -0.3 is 23.4 Å². The number of rotatable bonds is 14. The molecule has 0 radical (unpaired) electrons. The van der Waals surface area contributed by atoms with Gasteiger partial charge in [0.05, 0.1) is 6.61 Å². The van der Waals surface area contributed by atoms with Crippen molar-refractivity contribution in [2.45, 2.75) is 85.5 Å². The maximum atomic E-state index is 6.45.